The van der Waals surface area contributed by atoms with E-state index in [1.165, 1.54) is 7.11 Å². The molecule has 0 heterocycles. The first kappa shape index (κ1) is 22.3. The van der Waals surface area contributed by atoms with Gasteiger partial charge in [-0.1, -0.05) is 20.8 Å². The standard InChI is InChI=1S/C25H40O5/c1-14(5-8-22(29)30-4)17-6-7-18-23-19(13-21(28)25(17,18)3)24(2)10-9-16(26)11-15(24)12-20(23)27/h14-20,23,26-27H,5-13H2,1-4H3/t14-,15-,16-,17-,18+,19+,20-,23+,24+,25-/m1/s1. The molecule has 4 saturated carbocycles. The zero-order valence-electron chi connectivity index (χ0n) is 19.1. The van der Waals surface area contributed by atoms with Gasteiger partial charge >= 0.3 is 5.97 Å². The third kappa shape index (κ3) is 3.26. The summed E-state index contributed by atoms with van der Waals surface area (Å²) >= 11 is 0. The lowest BCUT2D eigenvalue weighted by molar-refractivity contribution is -0.181. The van der Waals surface area contributed by atoms with Crippen LogP contribution in [0.3, 0.4) is 0 Å². The summed E-state index contributed by atoms with van der Waals surface area (Å²) < 4.78 is 4.81. The fourth-order valence-corrected chi connectivity index (χ4v) is 8.51. The van der Waals surface area contributed by atoms with Crippen LogP contribution >= 0.6 is 0 Å². The molecule has 4 aliphatic rings. The molecule has 4 fully saturated rings. The van der Waals surface area contributed by atoms with Gasteiger partial charge in [-0.25, -0.2) is 0 Å². The quantitative estimate of drug-likeness (QED) is 0.677. The van der Waals surface area contributed by atoms with Gasteiger partial charge < -0.3 is 14.9 Å². The highest BCUT2D eigenvalue weighted by Gasteiger charge is 2.65. The first-order valence-electron chi connectivity index (χ1n) is 12.1. The van der Waals surface area contributed by atoms with E-state index in [0.29, 0.717) is 24.5 Å². The smallest absolute Gasteiger partial charge is 0.305 e. The molecule has 0 aliphatic heterocycles. The van der Waals surface area contributed by atoms with Crippen molar-refractivity contribution in [3.05, 3.63) is 0 Å². The zero-order chi connectivity index (χ0) is 21.8. The number of Topliss-reactive ketones (excluding diaryl/α,β-unsaturated/α-hetero) is 1. The van der Waals surface area contributed by atoms with Crippen LogP contribution in [-0.4, -0.2) is 41.3 Å². The van der Waals surface area contributed by atoms with Gasteiger partial charge in [0.2, 0.25) is 0 Å². The van der Waals surface area contributed by atoms with E-state index >= 15 is 0 Å². The molecule has 4 aliphatic carbocycles. The molecule has 4 rings (SSSR count). The molecule has 0 unspecified atom stereocenters. The molecule has 170 valence electrons. The number of carbonyl (C=O) groups excluding carboxylic acids is 2. The Bertz CT molecular complexity index is 691. The Morgan fingerprint density at radius 2 is 1.90 bits per heavy atom. The minimum atomic E-state index is -0.394. The number of hydrogen-bond donors (Lipinski definition) is 2. The van der Waals surface area contributed by atoms with Crippen molar-refractivity contribution in [1.29, 1.82) is 0 Å². The van der Waals surface area contributed by atoms with Crippen molar-refractivity contribution in [3.8, 4) is 0 Å². The number of esters is 1. The minimum Gasteiger partial charge on any atom is -0.469 e. The number of carbonyl (C=O) groups is 2. The summed E-state index contributed by atoms with van der Waals surface area (Å²) in [4.78, 5) is 25.4. The summed E-state index contributed by atoms with van der Waals surface area (Å²) in [5.41, 5.74) is -0.343. The maximum atomic E-state index is 13.7. The number of aliphatic hydroxyl groups excluding tert-OH is 2. The molecule has 0 radical (unpaired) electrons. The number of ether oxygens (including phenoxy) is 1. The SMILES string of the molecule is COC(=O)CC[C@@H](C)[C@H]1CC[C@H]2[C@@H]3[C@H](O)C[C@H]4C[C@H](O)CC[C@]4(C)[C@H]3CC(=O)[C@]12C. The maximum absolute atomic E-state index is 13.7. The molecule has 10 atom stereocenters. The summed E-state index contributed by atoms with van der Waals surface area (Å²) in [6.07, 6.45) is 6.39. The number of methoxy groups -OCH3 is 1. The van der Waals surface area contributed by atoms with Crippen LogP contribution in [0.4, 0.5) is 0 Å². The van der Waals surface area contributed by atoms with E-state index in [4.69, 9.17) is 4.74 Å². The predicted molar refractivity (Wildman–Crippen MR) is 113 cm³/mol. The van der Waals surface area contributed by atoms with Crippen molar-refractivity contribution in [1.82, 2.24) is 0 Å². The molecule has 0 aromatic rings. The van der Waals surface area contributed by atoms with Gasteiger partial charge in [0.05, 0.1) is 19.3 Å². The Morgan fingerprint density at radius 3 is 2.60 bits per heavy atom. The Hall–Kier alpha value is -0.940. The Labute approximate surface area is 180 Å². The van der Waals surface area contributed by atoms with Crippen LogP contribution in [0.15, 0.2) is 0 Å². The van der Waals surface area contributed by atoms with Crippen molar-refractivity contribution < 1.29 is 24.5 Å². The first-order chi connectivity index (χ1) is 14.1. The molecular formula is C25H40O5. The largest absolute Gasteiger partial charge is 0.469 e. The monoisotopic (exact) mass is 420 g/mol. The average molecular weight is 421 g/mol. The van der Waals surface area contributed by atoms with Gasteiger partial charge in [0.1, 0.15) is 5.78 Å². The van der Waals surface area contributed by atoms with Crippen LogP contribution in [0.5, 0.6) is 0 Å². The maximum Gasteiger partial charge on any atom is 0.305 e. The number of fused-ring (bicyclic) bond motifs is 5. The van der Waals surface area contributed by atoms with E-state index < -0.39 is 5.41 Å². The van der Waals surface area contributed by atoms with Gasteiger partial charge in [-0.05, 0) is 85.9 Å². The third-order valence-electron chi connectivity index (χ3n) is 10.3. The molecule has 2 N–H and O–H groups in total. The van der Waals surface area contributed by atoms with Crippen LogP contribution in [0.25, 0.3) is 0 Å². The fourth-order valence-electron chi connectivity index (χ4n) is 8.51. The summed E-state index contributed by atoms with van der Waals surface area (Å²) in [5.74, 6) is 1.70. The van der Waals surface area contributed by atoms with Crippen LogP contribution in [-0.2, 0) is 14.3 Å². The topological polar surface area (TPSA) is 83.8 Å². The second kappa shape index (κ2) is 7.88. The highest BCUT2D eigenvalue weighted by atomic mass is 16.5. The minimum absolute atomic E-state index is 0.0503. The molecule has 0 aromatic heterocycles. The van der Waals surface area contributed by atoms with Crippen molar-refractivity contribution in [2.75, 3.05) is 7.11 Å². The predicted octanol–water partition coefficient (Wildman–Crippen LogP) is 3.75. The van der Waals surface area contributed by atoms with E-state index in [0.717, 1.165) is 44.9 Å². The normalized spacial score (nSPS) is 49.0. The number of hydrogen-bond acceptors (Lipinski definition) is 5. The third-order valence-corrected chi connectivity index (χ3v) is 10.3. The van der Waals surface area contributed by atoms with E-state index in [1.807, 2.05) is 0 Å². The van der Waals surface area contributed by atoms with Crippen molar-refractivity contribution in [3.63, 3.8) is 0 Å². The molecule has 0 spiro atoms. The van der Waals surface area contributed by atoms with E-state index in [1.54, 1.807) is 0 Å². The molecule has 5 heteroatoms. The fraction of sp³-hybridized carbons (Fsp3) is 0.920. The first-order valence-corrected chi connectivity index (χ1v) is 12.1. The highest BCUT2D eigenvalue weighted by Crippen LogP contribution is 2.67. The summed E-state index contributed by atoms with van der Waals surface area (Å²) in [6.45, 7) is 6.67. The number of aliphatic hydroxyl groups is 2. The van der Waals surface area contributed by atoms with Crippen molar-refractivity contribution in [2.45, 2.75) is 90.8 Å². The van der Waals surface area contributed by atoms with Gasteiger partial charge in [0.25, 0.3) is 0 Å². The zero-order valence-corrected chi connectivity index (χ0v) is 19.1. The number of rotatable bonds is 4. The summed E-state index contributed by atoms with van der Waals surface area (Å²) in [6, 6.07) is 0. The highest BCUT2D eigenvalue weighted by molar-refractivity contribution is 5.87. The lowest BCUT2D eigenvalue weighted by Crippen LogP contribution is -2.61. The van der Waals surface area contributed by atoms with Gasteiger partial charge in [-0.2, -0.15) is 0 Å². The van der Waals surface area contributed by atoms with Crippen molar-refractivity contribution in [2.24, 2.45) is 46.3 Å². The van der Waals surface area contributed by atoms with E-state index in [9.17, 15) is 19.8 Å². The van der Waals surface area contributed by atoms with E-state index in [-0.39, 0.29) is 53.2 Å². The van der Waals surface area contributed by atoms with Crippen molar-refractivity contribution >= 4 is 11.8 Å². The second-order valence-corrected chi connectivity index (χ2v) is 11.4. The Balaban J connectivity index is 1.59. The molecular weight excluding hydrogens is 380 g/mol. The lowest BCUT2D eigenvalue weighted by atomic mass is 9.43. The van der Waals surface area contributed by atoms with Gasteiger partial charge in [-0.3, -0.25) is 9.59 Å². The molecule has 0 amide bonds. The average Bonchev–Trinajstić information content (AvgIpc) is 3.06. The summed E-state index contributed by atoms with van der Waals surface area (Å²) in [7, 11) is 1.42. The second-order valence-electron chi connectivity index (χ2n) is 11.4. The Morgan fingerprint density at radius 1 is 1.17 bits per heavy atom. The number of ketones is 1. The Kier molecular flexibility index (Phi) is 5.85. The van der Waals surface area contributed by atoms with Gasteiger partial charge in [0, 0.05) is 18.3 Å². The molecule has 0 aromatic carbocycles. The van der Waals surface area contributed by atoms with Crippen LogP contribution < -0.4 is 0 Å². The summed E-state index contributed by atoms with van der Waals surface area (Å²) in [5, 5.41) is 21.5. The van der Waals surface area contributed by atoms with Gasteiger partial charge in [0.15, 0.2) is 0 Å². The molecule has 30 heavy (non-hydrogen) atoms. The molecule has 0 saturated heterocycles. The van der Waals surface area contributed by atoms with Crippen LogP contribution in [0, 0.1) is 46.3 Å². The van der Waals surface area contributed by atoms with Gasteiger partial charge in [-0.15, -0.1) is 0 Å². The lowest BCUT2D eigenvalue weighted by Gasteiger charge is -2.61. The molecule has 0 bridgehead atoms. The molecule has 5 nitrogen and oxygen atoms in total. The van der Waals surface area contributed by atoms with Crippen LogP contribution in [0.2, 0.25) is 0 Å². The van der Waals surface area contributed by atoms with E-state index in [2.05, 4.69) is 20.8 Å². The van der Waals surface area contributed by atoms with Crippen LogP contribution in [0.1, 0.15) is 78.6 Å².